The van der Waals surface area contributed by atoms with Crippen LogP contribution in [0.1, 0.15) is 11.3 Å². The Morgan fingerprint density at radius 2 is 1.58 bits per heavy atom. The number of hydrogen-bond donors (Lipinski definition) is 0. The fourth-order valence-electron chi connectivity index (χ4n) is 2.01. The lowest BCUT2D eigenvalue weighted by Gasteiger charge is -2.05. The normalized spacial score (nSPS) is 10.9. The molecule has 0 saturated carbocycles. The molecule has 3 rings (SSSR count). The van der Waals surface area contributed by atoms with Crippen molar-refractivity contribution in [2.75, 3.05) is 0 Å². The SMILES string of the molecule is Cc1ccc(-c2ccc3cc(F)ccc3n2)nc1C. The average molecular weight is 252 g/mol. The van der Waals surface area contributed by atoms with Gasteiger partial charge in [0, 0.05) is 11.1 Å². The highest BCUT2D eigenvalue weighted by molar-refractivity contribution is 5.81. The maximum atomic E-state index is 13.1. The molecule has 0 radical (unpaired) electrons. The van der Waals surface area contributed by atoms with Gasteiger partial charge in [0.1, 0.15) is 5.82 Å². The Hall–Kier alpha value is -2.29. The Morgan fingerprint density at radius 1 is 0.842 bits per heavy atom. The van der Waals surface area contributed by atoms with E-state index in [4.69, 9.17) is 0 Å². The molecule has 0 amide bonds. The maximum Gasteiger partial charge on any atom is 0.123 e. The number of nitrogens with zero attached hydrogens (tertiary/aromatic N) is 2. The molecule has 0 atom stereocenters. The third-order valence-corrected chi connectivity index (χ3v) is 3.26. The highest BCUT2D eigenvalue weighted by atomic mass is 19.1. The molecule has 0 spiro atoms. The summed E-state index contributed by atoms with van der Waals surface area (Å²) in [6, 6.07) is 12.3. The molecule has 2 heterocycles. The van der Waals surface area contributed by atoms with Crippen LogP contribution in [0, 0.1) is 19.7 Å². The lowest BCUT2D eigenvalue weighted by atomic mass is 10.1. The molecule has 0 N–H and O–H groups in total. The van der Waals surface area contributed by atoms with Crippen molar-refractivity contribution in [2.24, 2.45) is 0 Å². The van der Waals surface area contributed by atoms with E-state index < -0.39 is 0 Å². The lowest BCUT2D eigenvalue weighted by Crippen LogP contribution is -1.92. The molecule has 0 aliphatic carbocycles. The first kappa shape index (κ1) is 11.8. The van der Waals surface area contributed by atoms with Crippen LogP contribution in [-0.2, 0) is 0 Å². The summed E-state index contributed by atoms with van der Waals surface area (Å²) in [6.45, 7) is 4.01. The van der Waals surface area contributed by atoms with Crippen molar-refractivity contribution in [2.45, 2.75) is 13.8 Å². The molecule has 2 nitrogen and oxygen atoms in total. The van der Waals surface area contributed by atoms with Crippen molar-refractivity contribution < 1.29 is 4.39 Å². The molecule has 19 heavy (non-hydrogen) atoms. The number of aryl methyl sites for hydroxylation is 2. The second-order valence-corrected chi connectivity index (χ2v) is 4.63. The van der Waals surface area contributed by atoms with Gasteiger partial charge < -0.3 is 0 Å². The summed E-state index contributed by atoms with van der Waals surface area (Å²) in [5, 5.41) is 0.799. The highest BCUT2D eigenvalue weighted by Crippen LogP contribution is 2.21. The summed E-state index contributed by atoms with van der Waals surface area (Å²) < 4.78 is 13.1. The molecular formula is C16H13FN2. The monoisotopic (exact) mass is 252 g/mol. The fourth-order valence-corrected chi connectivity index (χ4v) is 2.01. The van der Waals surface area contributed by atoms with Gasteiger partial charge in [0.2, 0.25) is 0 Å². The summed E-state index contributed by atoms with van der Waals surface area (Å²) in [4.78, 5) is 9.06. The van der Waals surface area contributed by atoms with E-state index in [-0.39, 0.29) is 5.82 Å². The average Bonchev–Trinajstić information content (AvgIpc) is 2.41. The van der Waals surface area contributed by atoms with E-state index >= 15 is 0 Å². The van der Waals surface area contributed by atoms with Crippen LogP contribution in [0.3, 0.4) is 0 Å². The van der Waals surface area contributed by atoms with Gasteiger partial charge in [0.25, 0.3) is 0 Å². The Bertz CT molecular complexity index is 766. The zero-order valence-electron chi connectivity index (χ0n) is 10.8. The topological polar surface area (TPSA) is 25.8 Å². The van der Waals surface area contributed by atoms with Gasteiger partial charge >= 0.3 is 0 Å². The van der Waals surface area contributed by atoms with E-state index in [0.29, 0.717) is 0 Å². The molecule has 1 aromatic carbocycles. The van der Waals surface area contributed by atoms with E-state index in [1.807, 2.05) is 38.1 Å². The van der Waals surface area contributed by atoms with Gasteiger partial charge in [0.05, 0.1) is 16.9 Å². The van der Waals surface area contributed by atoms with Crippen molar-refractivity contribution >= 4 is 10.9 Å². The van der Waals surface area contributed by atoms with Crippen molar-refractivity contribution in [3.63, 3.8) is 0 Å². The third-order valence-electron chi connectivity index (χ3n) is 3.26. The molecule has 0 fully saturated rings. The molecule has 0 unspecified atom stereocenters. The molecule has 0 saturated heterocycles. The van der Waals surface area contributed by atoms with Crippen LogP contribution < -0.4 is 0 Å². The predicted octanol–water partition coefficient (Wildman–Crippen LogP) is 4.05. The van der Waals surface area contributed by atoms with Gasteiger partial charge in [-0.05, 0) is 49.7 Å². The summed E-state index contributed by atoms with van der Waals surface area (Å²) in [7, 11) is 0. The summed E-state index contributed by atoms with van der Waals surface area (Å²) in [5.74, 6) is -0.244. The maximum absolute atomic E-state index is 13.1. The van der Waals surface area contributed by atoms with Gasteiger partial charge in [-0.3, -0.25) is 4.98 Å². The molecule has 94 valence electrons. The van der Waals surface area contributed by atoms with E-state index in [0.717, 1.165) is 33.5 Å². The highest BCUT2D eigenvalue weighted by Gasteiger charge is 2.05. The first-order chi connectivity index (χ1) is 9.13. The van der Waals surface area contributed by atoms with E-state index in [1.54, 1.807) is 6.07 Å². The number of pyridine rings is 2. The first-order valence-corrected chi connectivity index (χ1v) is 6.14. The summed E-state index contributed by atoms with van der Waals surface area (Å²) in [6.07, 6.45) is 0. The van der Waals surface area contributed by atoms with Crippen LogP contribution in [0.5, 0.6) is 0 Å². The minimum Gasteiger partial charge on any atom is -0.251 e. The van der Waals surface area contributed by atoms with Crippen LogP contribution in [0.4, 0.5) is 4.39 Å². The Labute approximate surface area is 111 Å². The van der Waals surface area contributed by atoms with E-state index in [9.17, 15) is 4.39 Å². The first-order valence-electron chi connectivity index (χ1n) is 6.14. The standard InChI is InChI=1S/C16H13FN2/c1-10-3-6-15(18-11(10)2)16-7-4-12-9-13(17)5-8-14(12)19-16/h3-9H,1-2H3. The number of rotatable bonds is 1. The largest absolute Gasteiger partial charge is 0.251 e. The third kappa shape index (κ3) is 2.19. The number of hydrogen-bond acceptors (Lipinski definition) is 2. The molecule has 0 aliphatic heterocycles. The van der Waals surface area contributed by atoms with E-state index in [1.165, 1.54) is 12.1 Å². The van der Waals surface area contributed by atoms with Gasteiger partial charge in [-0.25, -0.2) is 9.37 Å². The summed E-state index contributed by atoms with van der Waals surface area (Å²) >= 11 is 0. The molecule has 0 bridgehead atoms. The quantitative estimate of drug-likeness (QED) is 0.653. The molecule has 0 aliphatic rings. The number of fused-ring (bicyclic) bond motifs is 1. The van der Waals surface area contributed by atoms with Crippen LogP contribution in [0.15, 0.2) is 42.5 Å². The molecule has 2 aromatic heterocycles. The molecule has 3 heteroatoms. The second kappa shape index (κ2) is 4.43. The van der Waals surface area contributed by atoms with Gasteiger partial charge in [0.15, 0.2) is 0 Å². The van der Waals surface area contributed by atoms with Crippen molar-refractivity contribution in [3.8, 4) is 11.4 Å². The van der Waals surface area contributed by atoms with Gasteiger partial charge in [-0.2, -0.15) is 0 Å². The van der Waals surface area contributed by atoms with Crippen LogP contribution in [0.2, 0.25) is 0 Å². The van der Waals surface area contributed by atoms with Crippen LogP contribution in [0.25, 0.3) is 22.3 Å². The van der Waals surface area contributed by atoms with E-state index in [2.05, 4.69) is 9.97 Å². The fraction of sp³-hybridized carbons (Fsp3) is 0.125. The molecular weight excluding hydrogens is 239 g/mol. The van der Waals surface area contributed by atoms with Crippen molar-refractivity contribution in [1.82, 2.24) is 9.97 Å². The Balaban J connectivity index is 2.14. The van der Waals surface area contributed by atoms with Gasteiger partial charge in [-0.1, -0.05) is 12.1 Å². The minimum atomic E-state index is -0.244. The lowest BCUT2D eigenvalue weighted by molar-refractivity contribution is 0.629. The number of aromatic nitrogens is 2. The van der Waals surface area contributed by atoms with Crippen molar-refractivity contribution in [3.05, 3.63) is 59.5 Å². The van der Waals surface area contributed by atoms with Crippen molar-refractivity contribution in [1.29, 1.82) is 0 Å². The zero-order valence-corrected chi connectivity index (χ0v) is 10.8. The zero-order chi connectivity index (χ0) is 13.4. The smallest absolute Gasteiger partial charge is 0.123 e. The van der Waals surface area contributed by atoms with Crippen LogP contribution >= 0.6 is 0 Å². The number of halogens is 1. The van der Waals surface area contributed by atoms with Crippen LogP contribution in [-0.4, -0.2) is 9.97 Å². The Kier molecular flexibility index (Phi) is 2.75. The minimum absolute atomic E-state index is 0.244. The Morgan fingerprint density at radius 3 is 2.37 bits per heavy atom. The van der Waals surface area contributed by atoms with Gasteiger partial charge in [-0.15, -0.1) is 0 Å². The molecule has 3 aromatic rings. The second-order valence-electron chi connectivity index (χ2n) is 4.63. The predicted molar refractivity (Wildman–Crippen MR) is 74.4 cm³/mol. The number of benzene rings is 1. The summed E-state index contributed by atoms with van der Waals surface area (Å²) in [5.41, 5.74) is 4.58.